The van der Waals surface area contributed by atoms with Crippen molar-refractivity contribution in [3.63, 3.8) is 0 Å². The lowest BCUT2D eigenvalue weighted by Gasteiger charge is -2.29. The summed E-state index contributed by atoms with van der Waals surface area (Å²) in [4.78, 5) is 26.5. The van der Waals surface area contributed by atoms with Gasteiger partial charge in [-0.3, -0.25) is 4.79 Å². The Bertz CT molecular complexity index is 1250. The number of fused-ring (bicyclic) bond motifs is 2. The van der Waals surface area contributed by atoms with Crippen LogP contribution in [0.15, 0.2) is 54.6 Å². The van der Waals surface area contributed by atoms with Gasteiger partial charge >= 0.3 is 5.97 Å². The molecule has 0 aromatic heterocycles. The molecule has 4 rings (SSSR count). The summed E-state index contributed by atoms with van der Waals surface area (Å²) >= 11 is 0. The molecule has 3 aromatic carbocycles. The maximum atomic E-state index is 12.6. The summed E-state index contributed by atoms with van der Waals surface area (Å²) in [7, 11) is 4.81. The molecule has 0 saturated heterocycles. The molecule has 34 heavy (non-hydrogen) atoms. The van der Waals surface area contributed by atoms with E-state index in [-0.39, 0.29) is 12.5 Å². The number of methoxy groups -OCH3 is 3. The number of hydrogen-bond acceptors (Lipinski definition) is 6. The zero-order valence-electron chi connectivity index (χ0n) is 19.5. The third-order valence-corrected chi connectivity index (χ3v) is 5.89. The molecule has 1 aliphatic heterocycles. The molecule has 1 aliphatic rings. The fourth-order valence-electron chi connectivity index (χ4n) is 4.01. The highest BCUT2D eigenvalue weighted by Gasteiger charge is 2.23. The Morgan fingerprint density at radius 1 is 0.882 bits per heavy atom. The molecule has 0 atom stereocenters. The van der Waals surface area contributed by atoms with E-state index in [0.29, 0.717) is 31.0 Å². The van der Waals surface area contributed by atoms with E-state index in [0.717, 1.165) is 33.2 Å². The van der Waals surface area contributed by atoms with E-state index in [9.17, 15) is 9.59 Å². The number of benzene rings is 3. The second-order valence-electron chi connectivity index (χ2n) is 7.95. The summed E-state index contributed by atoms with van der Waals surface area (Å²) in [6.45, 7) is 0.684. The predicted molar refractivity (Wildman–Crippen MR) is 129 cm³/mol. The lowest BCUT2D eigenvalue weighted by molar-refractivity contribution is -0.148. The molecule has 0 bridgehead atoms. The van der Waals surface area contributed by atoms with Crippen molar-refractivity contribution in [2.45, 2.75) is 13.0 Å². The summed E-state index contributed by atoms with van der Waals surface area (Å²) in [5.41, 5.74) is 2.98. The smallest absolute Gasteiger partial charge is 0.331 e. The van der Waals surface area contributed by atoms with Gasteiger partial charge in [-0.15, -0.1) is 0 Å². The fraction of sp³-hybridized carbons (Fsp3) is 0.259. The van der Waals surface area contributed by atoms with Crippen molar-refractivity contribution in [1.82, 2.24) is 4.90 Å². The molecule has 7 nitrogen and oxygen atoms in total. The molecule has 0 unspecified atom stereocenters. The molecule has 1 amide bonds. The van der Waals surface area contributed by atoms with E-state index in [1.54, 1.807) is 32.3 Å². The number of nitrogens with zero attached hydrogens (tertiary/aromatic N) is 1. The number of ether oxygens (including phenoxy) is 4. The van der Waals surface area contributed by atoms with Crippen LogP contribution in [0, 0.1) is 0 Å². The molecule has 0 fully saturated rings. The van der Waals surface area contributed by atoms with Crippen LogP contribution in [-0.4, -0.2) is 51.3 Å². The highest BCUT2D eigenvalue weighted by Crippen LogP contribution is 2.33. The van der Waals surface area contributed by atoms with Gasteiger partial charge in [-0.05, 0) is 70.3 Å². The van der Waals surface area contributed by atoms with E-state index >= 15 is 0 Å². The minimum atomic E-state index is -0.563. The summed E-state index contributed by atoms with van der Waals surface area (Å²) in [6, 6.07) is 15.5. The van der Waals surface area contributed by atoms with Gasteiger partial charge in [0.25, 0.3) is 5.91 Å². The number of carbonyl (C=O) groups is 2. The molecular weight excluding hydrogens is 434 g/mol. The fourth-order valence-corrected chi connectivity index (χ4v) is 4.01. The average molecular weight is 462 g/mol. The number of carbonyl (C=O) groups excluding carboxylic acids is 2. The maximum Gasteiger partial charge on any atom is 0.331 e. The largest absolute Gasteiger partial charge is 0.497 e. The Hall–Kier alpha value is -4.00. The third-order valence-electron chi connectivity index (χ3n) is 5.89. The van der Waals surface area contributed by atoms with E-state index in [2.05, 4.69) is 0 Å². The highest BCUT2D eigenvalue weighted by atomic mass is 16.5. The van der Waals surface area contributed by atoms with Crippen molar-refractivity contribution in [2.24, 2.45) is 0 Å². The molecule has 0 saturated carbocycles. The number of hydrogen-bond donors (Lipinski definition) is 0. The summed E-state index contributed by atoms with van der Waals surface area (Å²) < 4.78 is 21.1. The van der Waals surface area contributed by atoms with Crippen LogP contribution in [-0.2, 0) is 27.3 Å². The van der Waals surface area contributed by atoms with E-state index in [1.165, 1.54) is 6.08 Å². The van der Waals surface area contributed by atoms with E-state index < -0.39 is 5.97 Å². The van der Waals surface area contributed by atoms with Crippen molar-refractivity contribution in [3.8, 4) is 17.2 Å². The van der Waals surface area contributed by atoms with Crippen LogP contribution >= 0.6 is 0 Å². The van der Waals surface area contributed by atoms with Crippen LogP contribution in [0.3, 0.4) is 0 Å². The van der Waals surface area contributed by atoms with Crippen LogP contribution in [0.5, 0.6) is 17.2 Å². The van der Waals surface area contributed by atoms with Crippen molar-refractivity contribution >= 4 is 28.7 Å². The van der Waals surface area contributed by atoms with Gasteiger partial charge in [0.1, 0.15) is 5.75 Å². The van der Waals surface area contributed by atoms with Gasteiger partial charge in [0.2, 0.25) is 0 Å². The monoisotopic (exact) mass is 461 g/mol. The first-order chi connectivity index (χ1) is 16.5. The van der Waals surface area contributed by atoms with Gasteiger partial charge in [-0.25, -0.2) is 4.79 Å². The molecular formula is C27H27NO6. The first-order valence-corrected chi connectivity index (χ1v) is 10.9. The molecule has 176 valence electrons. The molecule has 3 aromatic rings. The summed E-state index contributed by atoms with van der Waals surface area (Å²) in [5.74, 6) is 1.29. The number of amides is 1. The standard InChI is InChI=1S/C27H27NO6/c1-31-23-8-7-19-12-18(4-6-20(19)13-23)5-9-27(30)34-17-26(29)28-11-10-21-14-24(32-2)25(33-3)15-22(21)16-28/h4-9,12-15H,10-11,16-17H2,1-3H3/b9-5+. The van der Waals surface area contributed by atoms with Crippen molar-refractivity contribution in [1.29, 1.82) is 0 Å². The molecule has 1 heterocycles. The zero-order chi connectivity index (χ0) is 24.1. The average Bonchev–Trinajstić information content (AvgIpc) is 2.88. The Morgan fingerprint density at radius 3 is 2.32 bits per heavy atom. The van der Waals surface area contributed by atoms with Crippen molar-refractivity contribution in [3.05, 3.63) is 71.3 Å². The molecule has 7 heteroatoms. The molecule has 0 aliphatic carbocycles. The van der Waals surface area contributed by atoms with Crippen LogP contribution in [0.4, 0.5) is 0 Å². The Morgan fingerprint density at radius 2 is 1.59 bits per heavy atom. The van der Waals surface area contributed by atoms with Gasteiger partial charge in [0, 0.05) is 19.2 Å². The minimum absolute atomic E-state index is 0.234. The van der Waals surface area contributed by atoms with Gasteiger partial charge in [0.15, 0.2) is 18.1 Å². The minimum Gasteiger partial charge on any atom is -0.497 e. The van der Waals surface area contributed by atoms with Gasteiger partial charge in [-0.1, -0.05) is 18.2 Å². The quantitative estimate of drug-likeness (QED) is 0.391. The Labute approximate surface area is 198 Å². The van der Waals surface area contributed by atoms with Crippen LogP contribution in [0.2, 0.25) is 0 Å². The number of esters is 1. The summed E-state index contributed by atoms with van der Waals surface area (Å²) in [5, 5.41) is 2.08. The van der Waals surface area contributed by atoms with Crippen molar-refractivity contribution < 1.29 is 28.5 Å². The highest BCUT2D eigenvalue weighted by molar-refractivity contribution is 5.91. The zero-order valence-corrected chi connectivity index (χ0v) is 19.5. The maximum absolute atomic E-state index is 12.6. The van der Waals surface area contributed by atoms with E-state index in [4.69, 9.17) is 18.9 Å². The second-order valence-corrected chi connectivity index (χ2v) is 7.95. The van der Waals surface area contributed by atoms with Crippen LogP contribution < -0.4 is 14.2 Å². The first-order valence-electron chi connectivity index (χ1n) is 10.9. The van der Waals surface area contributed by atoms with Crippen LogP contribution in [0.25, 0.3) is 16.8 Å². The van der Waals surface area contributed by atoms with Gasteiger partial charge < -0.3 is 23.8 Å². The Kier molecular flexibility index (Phi) is 7.01. The van der Waals surface area contributed by atoms with E-state index in [1.807, 2.05) is 48.5 Å². The topological polar surface area (TPSA) is 74.3 Å². The molecule has 0 N–H and O–H groups in total. The first kappa shape index (κ1) is 23.2. The third kappa shape index (κ3) is 5.14. The predicted octanol–water partition coefficient (Wildman–Crippen LogP) is 4.01. The van der Waals surface area contributed by atoms with Gasteiger partial charge in [0.05, 0.1) is 21.3 Å². The second kappa shape index (κ2) is 10.3. The molecule has 0 spiro atoms. The lowest BCUT2D eigenvalue weighted by Crippen LogP contribution is -2.38. The summed E-state index contributed by atoms with van der Waals surface area (Å²) in [6.07, 6.45) is 3.71. The van der Waals surface area contributed by atoms with Gasteiger partial charge in [-0.2, -0.15) is 0 Å². The SMILES string of the molecule is COc1ccc2cc(/C=C/C(=O)OCC(=O)N3CCc4cc(OC)c(OC)cc4C3)ccc2c1. The number of rotatable bonds is 7. The van der Waals surface area contributed by atoms with Crippen molar-refractivity contribution in [2.75, 3.05) is 34.5 Å². The van der Waals surface area contributed by atoms with Crippen LogP contribution in [0.1, 0.15) is 16.7 Å². The molecule has 0 radical (unpaired) electrons. The lowest BCUT2D eigenvalue weighted by atomic mass is 9.99. The normalized spacial score (nSPS) is 13.0. The Balaban J connectivity index is 1.33.